The molecule has 1 heterocycles. The lowest BCUT2D eigenvalue weighted by Crippen LogP contribution is -2.29. The quantitative estimate of drug-likeness (QED) is 0.593. The molecule has 0 saturated carbocycles. The lowest BCUT2D eigenvalue weighted by Gasteiger charge is -2.14. The van der Waals surface area contributed by atoms with Crippen LogP contribution in [0.25, 0.3) is 0 Å². The summed E-state index contributed by atoms with van der Waals surface area (Å²) in [7, 11) is 0. The fourth-order valence-corrected chi connectivity index (χ4v) is 1.54. The maximum atomic E-state index is 11.0. The number of hydrogen-bond donors (Lipinski definition) is 2. The molecule has 0 aliphatic heterocycles. The predicted molar refractivity (Wildman–Crippen MR) is 65.6 cm³/mol. The summed E-state index contributed by atoms with van der Waals surface area (Å²) in [5, 5.41) is 22.3. The van der Waals surface area contributed by atoms with E-state index in [0.717, 1.165) is 12.6 Å². The van der Waals surface area contributed by atoms with Gasteiger partial charge >= 0.3 is 5.97 Å². The lowest BCUT2D eigenvalue weighted by atomic mass is 10.1. The van der Waals surface area contributed by atoms with Crippen molar-refractivity contribution in [3.8, 4) is 0 Å². The molecule has 18 heavy (non-hydrogen) atoms. The number of nitro groups is 1. The van der Waals surface area contributed by atoms with Crippen molar-refractivity contribution in [2.24, 2.45) is 0 Å². The normalized spacial score (nSPS) is 11.9. The number of nitrogens with one attached hydrogen (secondary N) is 1. The molecule has 2 N–H and O–H groups in total. The number of carboxylic acid groups (broad SMARTS) is 1. The highest BCUT2D eigenvalue weighted by atomic mass is 16.6. The van der Waals surface area contributed by atoms with E-state index in [1.54, 1.807) is 6.92 Å². The van der Waals surface area contributed by atoms with Gasteiger partial charge in [-0.3, -0.25) is 10.1 Å². The first-order valence-corrected chi connectivity index (χ1v) is 5.56. The van der Waals surface area contributed by atoms with Crippen LogP contribution < -0.4 is 5.32 Å². The van der Waals surface area contributed by atoms with Crippen molar-refractivity contribution >= 4 is 17.5 Å². The minimum atomic E-state index is -0.963. The van der Waals surface area contributed by atoms with Crippen LogP contribution in [0.2, 0.25) is 0 Å². The van der Waals surface area contributed by atoms with E-state index in [2.05, 4.69) is 10.3 Å². The molecule has 0 radical (unpaired) electrons. The summed E-state index contributed by atoms with van der Waals surface area (Å²) in [5.74, 6) is -0.631. The molecule has 7 nitrogen and oxygen atoms in total. The molecule has 0 spiro atoms. The van der Waals surface area contributed by atoms with Crippen LogP contribution in [0.5, 0.6) is 0 Å². The second kappa shape index (κ2) is 5.95. The van der Waals surface area contributed by atoms with E-state index in [0.29, 0.717) is 17.8 Å². The summed E-state index contributed by atoms with van der Waals surface area (Å²) in [6.45, 7) is 3.47. The van der Waals surface area contributed by atoms with Crippen LogP contribution in [0.3, 0.4) is 0 Å². The van der Waals surface area contributed by atoms with Crippen molar-refractivity contribution in [3.05, 3.63) is 27.9 Å². The highest BCUT2D eigenvalue weighted by molar-refractivity contribution is 5.76. The van der Waals surface area contributed by atoms with Gasteiger partial charge in [-0.2, -0.15) is 0 Å². The van der Waals surface area contributed by atoms with Crippen LogP contribution in [0, 0.1) is 17.0 Å². The van der Waals surface area contributed by atoms with Crippen molar-refractivity contribution in [2.75, 3.05) is 5.32 Å². The number of anilines is 1. The average molecular weight is 253 g/mol. The summed E-state index contributed by atoms with van der Waals surface area (Å²) in [6, 6.07) is 0.743. The van der Waals surface area contributed by atoms with Gasteiger partial charge in [0.05, 0.1) is 4.92 Å². The zero-order chi connectivity index (χ0) is 13.7. The molecule has 1 aromatic heterocycles. The Morgan fingerprint density at radius 2 is 2.33 bits per heavy atom. The van der Waals surface area contributed by atoms with Gasteiger partial charge in [-0.25, -0.2) is 9.78 Å². The number of pyridine rings is 1. The lowest BCUT2D eigenvalue weighted by molar-refractivity contribution is -0.385. The van der Waals surface area contributed by atoms with Crippen molar-refractivity contribution in [3.63, 3.8) is 0 Å². The smallest absolute Gasteiger partial charge is 0.326 e. The summed E-state index contributed by atoms with van der Waals surface area (Å²) in [4.78, 5) is 24.9. The summed E-state index contributed by atoms with van der Waals surface area (Å²) >= 11 is 0. The molecule has 1 aromatic rings. The van der Waals surface area contributed by atoms with Crippen LogP contribution in [0.4, 0.5) is 11.5 Å². The number of aliphatic carboxylic acids is 1. The Balaban J connectivity index is 2.88. The van der Waals surface area contributed by atoms with E-state index >= 15 is 0 Å². The molecule has 0 bridgehead atoms. The highest BCUT2D eigenvalue weighted by Crippen LogP contribution is 2.19. The second-order valence-corrected chi connectivity index (χ2v) is 3.94. The van der Waals surface area contributed by atoms with Gasteiger partial charge < -0.3 is 10.4 Å². The van der Waals surface area contributed by atoms with E-state index in [-0.39, 0.29) is 5.69 Å². The van der Waals surface area contributed by atoms with E-state index < -0.39 is 16.9 Å². The average Bonchev–Trinajstić information content (AvgIpc) is 2.27. The fraction of sp³-hybridized carbons (Fsp3) is 0.455. The number of carboxylic acids is 1. The summed E-state index contributed by atoms with van der Waals surface area (Å²) in [6.07, 6.45) is 2.31. The standard InChI is InChI=1S/C11H15N3O4/c1-3-4-8(11(15)16)13-10-5-7(2)9(6-12-10)14(17)18/h5-6,8H,3-4H2,1-2H3,(H,12,13)(H,15,16). The Hall–Kier alpha value is -2.18. The monoisotopic (exact) mass is 253 g/mol. The van der Waals surface area contributed by atoms with Crippen molar-refractivity contribution in [2.45, 2.75) is 32.7 Å². The Labute approximate surface area is 104 Å². The molecule has 98 valence electrons. The Morgan fingerprint density at radius 3 is 2.78 bits per heavy atom. The topological polar surface area (TPSA) is 105 Å². The molecule has 0 saturated heterocycles. The third-order valence-electron chi connectivity index (χ3n) is 2.48. The van der Waals surface area contributed by atoms with E-state index in [1.807, 2.05) is 6.92 Å². The molecule has 0 aliphatic rings. The number of nitrogens with zero attached hydrogens (tertiary/aromatic N) is 2. The van der Waals surface area contributed by atoms with Gasteiger partial charge in [0.25, 0.3) is 5.69 Å². The van der Waals surface area contributed by atoms with E-state index in [4.69, 9.17) is 5.11 Å². The molecular formula is C11H15N3O4. The zero-order valence-electron chi connectivity index (χ0n) is 10.2. The molecule has 0 aliphatic carbocycles. The van der Waals surface area contributed by atoms with Gasteiger partial charge in [0.1, 0.15) is 18.1 Å². The summed E-state index contributed by atoms with van der Waals surface area (Å²) < 4.78 is 0. The molecule has 1 rings (SSSR count). The van der Waals surface area contributed by atoms with Gasteiger partial charge in [-0.05, 0) is 19.4 Å². The number of carbonyl (C=O) groups is 1. The number of hydrogen-bond acceptors (Lipinski definition) is 5. The van der Waals surface area contributed by atoms with E-state index in [1.165, 1.54) is 6.07 Å². The largest absolute Gasteiger partial charge is 0.480 e. The van der Waals surface area contributed by atoms with Gasteiger partial charge in [-0.1, -0.05) is 13.3 Å². The Bertz CT molecular complexity index is 462. The SMILES string of the molecule is CCCC(Nc1cc(C)c([N+](=O)[O-])cn1)C(=O)O. The van der Waals surface area contributed by atoms with Crippen LogP contribution in [-0.2, 0) is 4.79 Å². The Kier molecular flexibility index (Phi) is 4.59. The fourth-order valence-electron chi connectivity index (χ4n) is 1.54. The maximum Gasteiger partial charge on any atom is 0.326 e. The number of rotatable bonds is 6. The van der Waals surface area contributed by atoms with Gasteiger partial charge in [0, 0.05) is 5.56 Å². The first kappa shape index (κ1) is 13.9. The molecule has 0 amide bonds. The predicted octanol–water partition coefficient (Wildman–Crippen LogP) is 1.96. The molecule has 1 unspecified atom stereocenters. The third kappa shape index (κ3) is 3.41. The third-order valence-corrected chi connectivity index (χ3v) is 2.48. The van der Waals surface area contributed by atoms with Crippen molar-refractivity contribution in [1.82, 2.24) is 4.98 Å². The minimum Gasteiger partial charge on any atom is -0.480 e. The van der Waals surface area contributed by atoms with Gasteiger partial charge in [0.15, 0.2) is 0 Å². The molecule has 1 atom stereocenters. The molecule has 7 heteroatoms. The van der Waals surface area contributed by atoms with Gasteiger partial charge in [0.2, 0.25) is 0 Å². The molecule has 0 aromatic carbocycles. The van der Waals surface area contributed by atoms with Crippen LogP contribution in [0.15, 0.2) is 12.3 Å². The van der Waals surface area contributed by atoms with Crippen molar-refractivity contribution in [1.29, 1.82) is 0 Å². The van der Waals surface area contributed by atoms with Crippen LogP contribution >= 0.6 is 0 Å². The summed E-state index contributed by atoms with van der Waals surface area (Å²) in [5.41, 5.74) is 0.362. The zero-order valence-corrected chi connectivity index (χ0v) is 10.2. The van der Waals surface area contributed by atoms with Gasteiger partial charge in [-0.15, -0.1) is 0 Å². The Morgan fingerprint density at radius 1 is 1.67 bits per heavy atom. The minimum absolute atomic E-state index is 0.0806. The molecular weight excluding hydrogens is 238 g/mol. The van der Waals surface area contributed by atoms with Crippen LogP contribution in [0.1, 0.15) is 25.3 Å². The number of aromatic nitrogens is 1. The second-order valence-electron chi connectivity index (χ2n) is 3.94. The van der Waals surface area contributed by atoms with Crippen LogP contribution in [-0.4, -0.2) is 27.0 Å². The highest BCUT2D eigenvalue weighted by Gasteiger charge is 2.18. The van der Waals surface area contributed by atoms with E-state index in [9.17, 15) is 14.9 Å². The number of aryl methyl sites for hydroxylation is 1. The maximum absolute atomic E-state index is 11.0. The first-order chi connectivity index (χ1) is 8.45. The molecule has 0 fully saturated rings. The first-order valence-electron chi connectivity index (χ1n) is 5.56. The van der Waals surface area contributed by atoms with Crippen molar-refractivity contribution < 1.29 is 14.8 Å².